The van der Waals surface area contributed by atoms with Crippen LogP contribution in [0.3, 0.4) is 0 Å². The minimum Gasteiger partial charge on any atom is -0.337 e. The van der Waals surface area contributed by atoms with E-state index < -0.39 is 0 Å². The molecular formula is C18H21N5OS. The molecule has 0 saturated heterocycles. The molecular weight excluding hydrogens is 334 g/mol. The summed E-state index contributed by atoms with van der Waals surface area (Å²) in [4.78, 5) is 16.8. The molecule has 2 amide bonds. The maximum atomic E-state index is 12.3. The van der Waals surface area contributed by atoms with Crippen LogP contribution in [0.4, 0.5) is 10.5 Å². The Morgan fingerprint density at radius 3 is 2.76 bits per heavy atom. The molecule has 0 radical (unpaired) electrons. The Bertz CT molecular complexity index is 870. The second-order valence-electron chi connectivity index (χ2n) is 5.96. The lowest BCUT2D eigenvalue weighted by Crippen LogP contribution is -2.32. The monoisotopic (exact) mass is 355 g/mol. The molecule has 130 valence electrons. The number of nitrogens with one attached hydrogen (secondary N) is 2. The van der Waals surface area contributed by atoms with Crippen molar-refractivity contribution in [1.82, 2.24) is 20.1 Å². The summed E-state index contributed by atoms with van der Waals surface area (Å²) in [5, 5.41) is 13.2. The van der Waals surface area contributed by atoms with Crippen molar-refractivity contribution in [2.75, 3.05) is 11.9 Å². The lowest BCUT2D eigenvalue weighted by atomic mass is 10.2. The Hall–Kier alpha value is -2.67. The summed E-state index contributed by atoms with van der Waals surface area (Å²) in [6, 6.07) is 9.29. The fourth-order valence-corrected chi connectivity index (χ4v) is 3.34. The van der Waals surface area contributed by atoms with Gasteiger partial charge >= 0.3 is 6.03 Å². The van der Waals surface area contributed by atoms with Crippen molar-refractivity contribution in [3.63, 3.8) is 0 Å². The van der Waals surface area contributed by atoms with Crippen LogP contribution in [0.25, 0.3) is 5.69 Å². The normalized spacial score (nSPS) is 12.0. The van der Waals surface area contributed by atoms with Gasteiger partial charge in [0.25, 0.3) is 0 Å². The Balaban J connectivity index is 1.65. The summed E-state index contributed by atoms with van der Waals surface area (Å²) in [6.45, 7) is 6.53. The van der Waals surface area contributed by atoms with Crippen LogP contribution in [0.15, 0.2) is 41.9 Å². The van der Waals surface area contributed by atoms with Crippen LogP contribution < -0.4 is 10.6 Å². The number of benzene rings is 1. The molecule has 1 atom stereocenters. The van der Waals surface area contributed by atoms with Crippen molar-refractivity contribution < 1.29 is 4.79 Å². The lowest BCUT2D eigenvalue weighted by Gasteiger charge is -2.14. The largest absolute Gasteiger partial charge is 0.337 e. The van der Waals surface area contributed by atoms with E-state index >= 15 is 0 Å². The molecule has 0 aliphatic heterocycles. The third-order valence-electron chi connectivity index (χ3n) is 3.84. The quantitative estimate of drug-likeness (QED) is 0.730. The number of urea groups is 1. The van der Waals surface area contributed by atoms with E-state index in [0.717, 1.165) is 22.1 Å². The zero-order valence-electron chi connectivity index (χ0n) is 14.5. The van der Waals surface area contributed by atoms with Crippen LogP contribution in [0.5, 0.6) is 0 Å². The van der Waals surface area contributed by atoms with Gasteiger partial charge in [0, 0.05) is 35.4 Å². The topological polar surface area (TPSA) is 71.8 Å². The van der Waals surface area contributed by atoms with Crippen LogP contribution in [0.2, 0.25) is 0 Å². The molecule has 0 fully saturated rings. The van der Waals surface area contributed by atoms with Crippen LogP contribution in [0, 0.1) is 13.8 Å². The van der Waals surface area contributed by atoms with Crippen molar-refractivity contribution in [2.24, 2.45) is 0 Å². The molecule has 1 unspecified atom stereocenters. The van der Waals surface area contributed by atoms with E-state index in [2.05, 4.69) is 27.6 Å². The molecule has 0 spiro atoms. The van der Waals surface area contributed by atoms with Crippen LogP contribution >= 0.6 is 11.3 Å². The second kappa shape index (κ2) is 7.48. The van der Waals surface area contributed by atoms with Gasteiger partial charge in [-0.1, -0.05) is 19.1 Å². The van der Waals surface area contributed by atoms with Gasteiger partial charge in [0.15, 0.2) is 0 Å². The van der Waals surface area contributed by atoms with Gasteiger partial charge in [-0.15, -0.1) is 11.3 Å². The molecule has 3 aromatic rings. The number of amides is 2. The van der Waals surface area contributed by atoms with Crippen molar-refractivity contribution in [3.05, 3.63) is 58.3 Å². The van der Waals surface area contributed by atoms with Gasteiger partial charge in [-0.05, 0) is 32.0 Å². The Morgan fingerprint density at radius 1 is 1.28 bits per heavy atom. The Labute approximate surface area is 150 Å². The van der Waals surface area contributed by atoms with Crippen LogP contribution in [0.1, 0.15) is 29.2 Å². The van der Waals surface area contributed by atoms with Gasteiger partial charge in [-0.2, -0.15) is 5.10 Å². The van der Waals surface area contributed by atoms with E-state index in [4.69, 9.17) is 0 Å². The molecule has 3 rings (SSSR count). The lowest BCUT2D eigenvalue weighted by molar-refractivity contribution is 0.251. The zero-order chi connectivity index (χ0) is 17.8. The molecule has 2 aromatic heterocycles. The van der Waals surface area contributed by atoms with Crippen molar-refractivity contribution >= 4 is 23.1 Å². The second-order valence-corrected chi connectivity index (χ2v) is 6.85. The van der Waals surface area contributed by atoms with Crippen molar-refractivity contribution in [2.45, 2.75) is 26.7 Å². The van der Waals surface area contributed by atoms with Gasteiger partial charge in [-0.25, -0.2) is 14.5 Å². The fourth-order valence-electron chi connectivity index (χ4n) is 2.48. The molecule has 2 N–H and O–H groups in total. The predicted octanol–water partition coefficient (Wildman–Crippen LogP) is 3.87. The summed E-state index contributed by atoms with van der Waals surface area (Å²) < 4.78 is 1.80. The number of aromatic nitrogens is 3. The number of nitrogens with zero attached hydrogens (tertiary/aromatic N) is 3. The maximum absolute atomic E-state index is 12.3. The summed E-state index contributed by atoms with van der Waals surface area (Å²) in [5.41, 5.74) is 3.57. The highest BCUT2D eigenvalue weighted by molar-refractivity contribution is 7.09. The first-order valence-electron chi connectivity index (χ1n) is 8.11. The fraction of sp³-hybridized carbons (Fsp3) is 0.278. The van der Waals surface area contributed by atoms with Gasteiger partial charge in [0.05, 0.1) is 16.4 Å². The molecule has 0 saturated carbocycles. The average molecular weight is 355 g/mol. The molecule has 1 aromatic carbocycles. The van der Waals surface area contributed by atoms with E-state index in [9.17, 15) is 4.79 Å². The summed E-state index contributed by atoms with van der Waals surface area (Å²) >= 11 is 1.62. The minimum absolute atomic E-state index is 0.174. The average Bonchev–Trinajstić information content (AvgIpc) is 3.22. The van der Waals surface area contributed by atoms with E-state index in [0.29, 0.717) is 12.2 Å². The highest BCUT2D eigenvalue weighted by Gasteiger charge is 2.13. The number of anilines is 1. The van der Waals surface area contributed by atoms with E-state index in [1.54, 1.807) is 22.2 Å². The zero-order valence-corrected chi connectivity index (χ0v) is 15.3. The number of carbonyl (C=O) groups excluding carboxylic acids is 1. The number of hydrogen-bond donors (Lipinski definition) is 2. The number of para-hydroxylation sites is 2. The Kier molecular flexibility index (Phi) is 5.14. The van der Waals surface area contributed by atoms with Crippen molar-refractivity contribution in [3.8, 4) is 5.69 Å². The first-order chi connectivity index (χ1) is 12.0. The van der Waals surface area contributed by atoms with E-state index in [-0.39, 0.29) is 11.9 Å². The van der Waals surface area contributed by atoms with E-state index in [1.807, 2.05) is 49.6 Å². The first kappa shape index (κ1) is 17.2. The molecule has 0 bridgehead atoms. The predicted molar refractivity (Wildman–Crippen MR) is 101 cm³/mol. The smallest absolute Gasteiger partial charge is 0.319 e. The van der Waals surface area contributed by atoms with Gasteiger partial charge in [-0.3, -0.25) is 0 Å². The van der Waals surface area contributed by atoms with Gasteiger partial charge in [0.2, 0.25) is 0 Å². The van der Waals surface area contributed by atoms with E-state index in [1.165, 1.54) is 0 Å². The number of hydrogen-bond acceptors (Lipinski definition) is 4. The summed E-state index contributed by atoms with van der Waals surface area (Å²) in [7, 11) is 0. The SMILES string of the molecule is Cc1csc(C(C)CNC(=O)Nc2ccccc2-n2nccc2C)n1. The molecule has 25 heavy (non-hydrogen) atoms. The minimum atomic E-state index is -0.239. The number of aryl methyl sites for hydroxylation is 2. The maximum Gasteiger partial charge on any atom is 0.319 e. The Morgan fingerprint density at radius 2 is 2.08 bits per heavy atom. The summed E-state index contributed by atoms with van der Waals surface area (Å²) in [6.07, 6.45) is 1.74. The van der Waals surface area contributed by atoms with Crippen LogP contribution in [-0.2, 0) is 0 Å². The molecule has 0 aliphatic carbocycles. The standard InChI is InChI=1S/C18H21N5OS/c1-12(17-21-13(2)11-25-17)10-19-18(24)22-15-6-4-5-7-16(15)23-14(3)8-9-20-23/h4-9,11-12H,10H2,1-3H3,(H2,19,22,24). The third-order valence-corrected chi connectivity index (χ3v) is 5.03. The highest BCUT2D eigenvalue weighted by atomic mass is 32.1. The van der Waals surface area contributed by atoms with Crippen LogP contribution in [-0.4, -0.2) is 27.3 Å². The van der Waals surface area contributed by atoms with Crippen molar-refractivity contribution in [1.29, 1.82) is 0 Å². The van der Waals surface area contributed by atoms with Gasteiger partial charge in [0.1, 0.15) is 0 Å². The first-order valence-corrected chi connectivity index (χ1v) is 8.99. The third kappa shape index (κ3) is 4.06. The highest BCUT2D eigenvalue weighted by Crippen LogP contribution is 2.21. The number of thiazole rings is 1. The number of carbonyl (C=O) groups is 1. The number of rotatable bonds is 5. The molecule has 0 aliphatic rings. The summed E-state index contributed by atoms with van der Waals surface area (Å²) in [5.74, 6) is 0.174. The molecule has 7 heteroatoms. The molecule has 2 heterocycles. The molecule has 6 nitrogen and oxygen atoms in total. The van der Waals surface area contributed by atoms with Gasteiger partial charge < -0.3 is 10.6 Å².